The predicted molar refractivity (Wildman–Crippen MR) is 125 cm³/mol. The molecule has 0 saturated carbocycles. The molecule has 3 heterocycles. The fraction of sp³-hybridized carbons (Fsp3) is 0.478. The summed E-state index contributed by atoms with van der Waals surface area (Å²) in [5.74, 6) is -2.21. The quantitative estimate of drug-likeness (QED) is 0.639. The lowest BCUT2D eigenvalue weighted by Crippen LogP contribution is -2.56. The number of benzene rings is 1. The first kappa shape index (κ1) is 25.0. The number of anilines is 2. The highest BCUT2D eigenvalue weighted by Gasteiger charge is 2.38. The summed E-state index contributed by atoms with van der Waals surface area (Å²) in [7, 11) is -3.94. The zero-order valence-corrected chi connectivity index (χ0v) is 20.3. The summed E-state index contributed by atoms with van der Waals surface area (Å²) in [6.07, 6.45) is 6.63. The Morgan fingerprint density at radius 2 is 1.80 bits per heavy atom. The van der Waals surface area contributed by atoms with Crippen molar-refractivity contribution in [2.45, 2.75) is 56.0 Å². The molecule has 4 rings (SSSR count). The molecule has 188 valence electrons. The van der Waals surface area contributed by atoms with E-state index in [2.05, 4.69) is 15.3 Å². The minimum Gasteiger partial charge on any atom is -0.371 e. The van der Waals surface area contributed by atoms with E-state index >= 15 is 0 Å². The van der Waals surface area contributed by atoms with Crippen LogP contribution >= 0.6 is 0 Å². The number of halogens is 2. The van der Waals surface area contributed by atoms with Crippen LogP contribution in [0, 0.1) is 11.6 Å². The van der Waals surface area contributed by atoms with Gasteiger partial charge in [0, 0.05) is 50.3 Å². The fourth-order valence-electron chi connectivity index (χ4n) is 4.47. The van der Waals surface area contributed by atoms with E-state index in [0.717, 1.165) is 24.3 Å². The summed E-state index contributed by atoms with van der Waals surface area (Å²) < 4.78 is 52.0. The number of aryl methyl sites for hydroxylation is 1. The van der Waals surface area contributed by atoms with Gasteiger partial charge >= 0.3 is 0 Å². The van der Waals surface area contributed by atoms with Gasteiger partial charge in [0.25, 0.3) is 0 Å². The van der Waals surface area contributed by atoms with Crippen LogP contribution in [-0.2, 0) is 25.8 Å². The SMILES string of the molecule is CCc1cnc(N2CCC(N3CCCC(Nc4cc(F)c(S(C)(=O)=O)cc4F)C3=O)CC2=O)nc1. The molecule has 0 spiro atoms. The summed E-state index contributed by atoms with van der Waals surface area (Å²) in [5, 5.41) is 2.73. The van der Waals surface area contributed by atoms with Gasteiger partial charge < -0.3 is 10.2 Å². The van der Waals surface area contributed by atoms with Gasteiger partial charge in [-0.3, -0.25) is 14.5 Å². The molecule has 0 bridgehead atoms. The molecule has 2 saturated heterocycles. The van der Waals surface area contributed by atoms with Crippen molar-refractivity contribution in [3.05, 3.63) is 41.7 Å². The van der Waals surface area contributed by atoms with Crippen molar-refractivity contribution < 1.29 is 26.8 Å². The maximum absolute atomic E-state index is 14.5. The summed E-state index contributed by atoms with van der Waals surface area (Å²) in [5.41, 5.74) is 0.685. The Kier molecular flexibility index (Phi) is 7.02. The molecule has 1 N–H and O–H groups in total. The molecule has 1 aromatic heterocycles. The lowest BCUT2D eigenvalue weighted by molar-refractivity contribution is -0.138. The molecule has 2 aliphatic rings. The zero-order chi connectivity index (χ0) is 25.3. The van der Waals surface area contributed by atoms with Crippen LogP contribution in [0.25, 0.3) is 0 Å². The second kappa shape index (κ2) is 9.84. The molecule has 2 aliphatic heterocycles. The largest absolute Gasteiger partial charge is 0.371 e. The number of hydrogen-bond acceptors (Lipinski definition) is 7. The second-order valence-corrected chi connectivity index (χ2v) is 10.8. The molecule has 1 aromatic carbocycles. The highest BCUT2D eigenvalue weighted by Crippen LogP contribution is 2.28. The van der Waals surface area contributed by atoms with Crippen LogP contribution in [0.3, 0.4) is 0 Å². The number of hydrogen-bond donors (Lipinski definition) is 1. The maximum Gasteiger partial charge on any atom is 0.245 e. The van der Waals surface area contributed by atoms with Gasteiger partial charge in [0.15, 0.2) is 9.84 Å². The average Bonchev–Trinajstić information content (AvgIpc) is 2.82. The van der Waals surface area contributed by atoms with Crippen molar-refractivity contribution in [3.8, 4) is 0 Å². The number of rotatable bonds is 6. The molecule has 2 unspecified atom stereocenters. The Labute approximate surface area is 202 Å². The number of aromatic nitrogens is 2. The molecule has 35 heavy (non-hydrogen) atoms. The van der Waals surface area contributed by atoms with Gasteiger partial charge in [-0.15, -0.1) is 0 Å². The highest BCUT2D eigenvalue weighted by atomic mass is 32.2. The normalized spacial score (nSPS) is 21.4. The maximum atomic E-state index is 14.5. The first-order valence-electron chi connectivity index (χ1n) is 11.5. The van der Waals surface area contributed by atoms with E-state index in [1.165, 1.54) is 4.90 Å². The Morgan fingerprint density at radius 1 is 1.09 bits per heavy atom. The monoisotopic (exact) mass is 507 g/mol. The molecule has 2 amide bonds. The van der Waals surface area contributed by atoms with Crippen LogP contribution in [0.4, 0.5) is 20.4 Å². The summed E-state index contributed by atoms with van der Waals surface area (Å²) >= 11 is 0. The van der Waals surface area contributed by atoms with Gasteiger partial charge in [-0.1, -0.05) is 6.92 Å². The molecular weight excluding hydrogens is 480 g/mol. The number of piperidine rings is 2. The van der Waals surface area contributed by atoms with E-state index in [4.69, 9.17) is 0 Å². The smallest absolute Gasteiger partial charge is 0.245 e. The van der Waals surface area contributed by atoms with E-state index in [0.29, 0.717) is 44.4 Å². The molecule has 2 atom stereocenters. The van der Waals surface area contributed by atoms with Crippen LogP contribution in [-0.4, -0.2) is 66.5 Å². The summed E-state index contributed by atoms with van der Waals surface area (Å²) in [4.78, 5) is 37.0. The Morgan fingerprint density at radius 3 is 2.43 bits per heavy atom. The number of likely N-dealkylation sites (tertiary alicyclic amines) is 1. The van der Waals surface area contributed by atoms with Crippen LogP contribution in [0.15, 0.2) is 29.4 Å². The molecule has 9 nitrogen and oxygen atoms in total. The lowest BCUT2D eigenvalue weighted by Gasteiger charge is -2.41. The topological polar surface area (TPSA) is 113 Å². The molecule has 2 aromatic rings. The molecule has 12 heteroatoms. The van der Waals surface area contributed by atoms with Crippen LogP contribution in [0.1, 0.15) is 38.2 Å². The molecular formula is C23H27F2N5O4S. The second-order valence-electron chi connectivity index (χ2n) is 8.84. The van der Waals surface area contributed by atoms with E-state index in [-0.39, 0.29) is 30.0 Å². The van der Waals surface area contributed by atoms with Crippen LogP contribution < -0.4 is 10.2 Å². The minimum absolute atomic E-state index is 0.114. The lowest BCUT2D eigenvalue weighted by atomic mass is 9.96. The van der Waals surface area contributed by atoms with E-state index < -0.39 is 32.4 Å². The van der Waals surface area contributed by atoms with E-state index in [1.54, 1.807) is 17.3 Å². The van der Waals surface area contributed by atoms with Crippen molar-refractivity contribution in [2.75, 3.05) is 29.6 Å². The van der Waals surface area contributed by atoms with Crippen molar-refractivity contribution >= 4 is 33.3 Å². The number of sulfone groups is 1. The summed E-state index contributed by atoms with van der Waals surface area (Å²) in [6, 6.07) is 0.227. The van der Waals surface area contributed by atoms with E-state index in [9.17, 15) is 26.8 Å². The van der Waals surface area contributed by atoms with Crippen LogP contribution in [0.2, 0.25) is 0 Å². The van der Waals surface area contributed by atoms with Crippen molar-refractivity contribution in [3.63, 3.8) is 0 Å². The van der Waals surface area contributed by atoms with E-state index in [1.807, 2.05) is 6.92 Å². The predicted octanol–water partition coefficient (Wildman–Crippen LogP) is 2.32. The number of carbonyl (C=O) groups is 2. The third-order valence-electron chi connectivity index (χ3n) is 6.40. The van der Waals surface area contributed by atoms with Gasteiger partial charge in [0.1, 0.15) is 22.6 Å². The minimum atomic E-state index is -3.94. The van der Waals surface area contributed by atoms with Crippen molar-refractivity contribution in [1.29, 1.82) is 0 Å². The number of carbonyl (C=O) groups excluding carboxylic acids is 2. The number of nitrogens with one attached hydrogen (secondary N) is 1. The van der Waals surface area contributed by atoms with Crippen LogP contribution in [0.5, 0.6) is 0 Å². The highest BCUT2D eigenvalue weighted by molar-refractivity contribution is 7.90. The van der Waals surface area contributed by atoms with Crippen molar-refractivity contribution in [2.24, 2.45) is 0 Å². The zero-order valence-electron chi connectivity index (χ0n) is 19.5. The molecule has 2 fully saturated rings. The first-order chi connectivity index (χ1) is 16.6. The Bertz CT molecular complexity index is 1240. The average molecular weight is 508 g/mol. The van der Waals surface area contributed by atoms with Gasteiger partial charge in [0.2, 0.25) is 17.8 Å². The van der Waals surface area contributed by atoms with Gasteiger partial charge in [-0.2, -0.15) is 0 Å². The van der Waals surface area contributed by atoms with Gasteiger partial charge in [-0.25, -0.2) is 27.2 Å². The number of nitrogens with zero attached hydrogens (tertiary/aromatic N) is 4. The third-order valence-corrected chi connectivity index (χ3v) is 7.51. The summed E-state index contributed by atoms with van der Waals surface area (Å²) in [6.45, 7) is 2.81. The standard InChI is InChI=1S/C23H27F2N5O4S/c1-3-14-12-26-23(27-13-14)30-8-6-15(9-21(30)31)29-7-4-5-18(22(29)32)28-19-10-17(25)20(11-16(19)24)35(2,33)34/h10-13,15,18,28H,3-9H2,1-2H3. The molecule has 0 aliphatic carbocycles. The first-order valence-corrected chi connectivity index (χ1v) is 13.3. The fourth-order valence-corrected chi connectivity index (χ4v) is 5.20. The Hall–Kier alpha value is -3.15. The van der Waals surface area contributed by atoms with Gasteiger partial charge in [0.05, 0.1) is 5.69 Å². The third kappa shape index (κ3) is 5.26. The van der Waals surface area contributed by atoms with Crippen molar-refractivity contribution in [1.82, 2.24) is 14.9 Å². The number of amides is 2. The molecule has 0 radical (unpaired) electrons. The van der Waals surface area contributed by atoms with Gasteiger partial charge in [-0.05, 0) is 37.3 Å². The Balaban J connectivity index is 1.44.